The summed E-state index contributed by atoms with van der Waals surface area (Å²) in [6.45, 7) is 2.35. The monoisotopic (exact) mass is 216 g/mol. The van der Waals surface area contributed by atoms with E-state index in [1.54, 1.807) is 0 Å². The highest BCUT2D eigenvalue weighted by Gasteiger charge is 2.10. The van der Waals surface area contributed by atoms with E-state index in [2.05, 4.69) is 61.6 Å². The first-order chi connectivity index (χ1) is 7.34. The topological polar surface area (TPSA) is 0 Å². The highest BCUT2D eigenvalue weighted by molar-refractivity contribution is 7.47. The Kier molecular flexibility index (Phi) is 3.75. The molecule has 15 heavy (non-hydrogen) atoms. The summed E-state index contributed by atoms with van der Waals surface area (Å²) in [6.07, 6.45) is 10.2. The van der Waals surface area contributed by atoms with Crippen molar-refractivity contribution >= 4 is 13.9 Å². The lowest BCUT2D eigenvalue weighted by atomic mass is 10.1. The van der Waals surface area contributed by atoms with Crippen LogP contribution in [0.5, 0.6) is 0 Å². The summed E-state index contributed by atoms with van der Waals surface area (Å²) in [5, 5.41) is 1.48. The summed E-state index contributed by atoms with van der Waals surface area (Å²) < 4.78 is 0. The molecule has 1 aromatic rings. The lowest BCUT2D eigenvalue weighted by molar-refractivity contribution is 0.709. The van der Waals surface area contributed by atoms with Crippen molar-refractivity contribution in [3.8, 4) is 0 Å². The fraction of sp³-hybridized carbons (Fsp3) is 0.286. The van der Waals surface area contributed by atoms with E-state index in [1.807, 2.05) is 0 Å². The maximum absolute atomic E-state index is 2.35. The fourth-order valence-corrected chi connectivity index (χ4v) is 3.27. The molecule has 0 aromatic heterocycles. The summed E-state index contributed by atoms with van der Waals surface area (Å²) in [4.78, 5) is 0. The molecule has 0 amide bonds. The van der Waals surface area contributed by atoms with Crippen LogP contribution >= 0.6 is 8.58 Å². The van der Waals surface area contributed by atoms with Crippen molar-refractivity contribution in [2.75, 3.05) is 0 Å². The Balaban J connectivity index is 1.84. The van der Waals surface area contributed by atoms with Crippen LogP contribution in [0.25, 0.3) is 0 Å². The molecule has 0 bridgehead atoms. The largest absolute Gasteiger partial charge is 0.0875 e. The van der Waals surface area contributed by atoms with Gasteiger partial charge in [-0.15, -0.1) is 0 Å². The molecule has 1 aliphatic carbocycles. The molecule has 0 radical (unpaired) electrons. The lowest BCUT2D eigenvalue weighted by Gasteiger charge is -2.14. The predicted octanol–water partition coefficient (Wildman–Crippen LogP) is 3.51. The molecule has 0 saturated heterocycles. The minimum Gasteiger partial charge on any atom is -0.0875 e. The van der Waals surface area contributed by atoms with Crippen molar-refractivity contribution in [1.29, 1.82) is 0 Å². The Hall–Kier alpha value is -0.870. The molecule has 0 saturated carbocycles. The number of hydrogen-bond donors (Lipinski definition) is 0. The zero-order valence-electron chi connectivity index (χ0n) is 9.06. The molecule has 0 nitrogen and oxygen atoms in total. The Morgan fingerprint density at radius 3 is 2.47 bits per heavy atom. The molecule has 2 atom stereocenters. The van der Waals surface area contributed by atoms with E-state index in [1.165, 1.54) is 11.7 Å². The van der Waals surface area contributed by atoms with E-state index in [0.29, 0.717) is 5.92 Å². The molecule has 0 fully saturated rings. The van der Waals surface area contributed by atoms with E-state index in [0.717, 1.165) is 14.2 Å². The molecule has 1 heteroatoms. The highest BCUT2D eigenvalue weighted by Crippen LogP contribution is 2.26. The van der Waals surface area contributed by atoms with Gasteiger partial charge in [0, 0.05) is 0 Å². The fourth-order valence-electron chi connectivity index (χ4n) is 1.92. The van der Waals surface area contributed by atoms with Crippen LogP contribution < -0.4 is 5.30 Å². The van der Waals surface area contributed by atoms with Crippen molar-refractivity contribution in [2.45, 2.75) is 19.0 Å². The van der Waals surface area contributed by atoms with Gasteiger partial charge in [-0.3, -0.25) is 0 Å². The normalized spacial score (nSPS) is 17.9. The highest BCUT2D eigenvalue weighted by atomic mass is 31.1. The molecular formula is C14H17P. The predicted molar refractivity (Wildman–Crippen MR) is 70.2 cm³/mol. The third-order valence-electron chi connectivity index (χ3n) is 2.64. The van der Waals surface area contributed by atoms with Gasteiger partial charge < -0.3 is 0 Å². The van der Waals surface area contributed by atoms with Gasteiger partial charge in [-0.25, -0.2) is 0 Å². The van der Waals surface area contributed by atoms with Gasteiger partial charge in [0.1, 0.15) is 0 Å². The first-order valence-electron chi connectivity index (χ1n) is 5.51. The van der Waals surface area contributed by atoms with Crippen molar-refractivity contribution in [3.63, 3.8) is 0 Å². The standard InChI is InChI=1S/C14H17P/c1-12(11-13-7-5-6-8-13)15-14-9-3-2-4-10-14/h2-10,12-13,15H,11H2,1H3. The Morgan fingerprint density at radius 1 is 1.13 bits per heavy atom. The first-order valence-corrected chi connectivity index (χ1v) is 6.59. The minimum absolute atomic E-state index is 0.677. The Labute approximate surface area is 93.9 Å². The van der Waals surface area contributed by atoms with Crippen LogP contribution in [0.2, 0.25) is 0 Å². The molecule has 78 valence electrons. The molecule has 0 N–H and O–H groups in total. The molecule has 1 aliphatic rings. The summed E-state index contributed by atoms with van der Waals surface area (Å²) >= 11 is 0. The second-order valence-corrected chi connectivity index (χ2v) is 5.93. The van der Waals surface area contributed by atoms with Gasteiger partial charge in [-0.05, 0) is 23.3 Å². The molecular weight excluding hydrogens is 199 g/mol. The van der Waals surface area contributed by atoms with Gasteiger partial charge >= 0.3 is 0 Å². The van der Waals surface area contributed by atoms with Gasteiger partial charge in [-0.1, -0.05) is 70.1 Å². The van der Waals surface area contributed by atoms with E-state index in [-0.39, 0.29) is 0 Å². The SMILES string of the molecule is CC(CC1C=CC=C1)Pc1ccccc1. The van der Waals surface area contributed by atoms with E-state index in [9.17, 15) is 0 Å². The summed E-state index contributed by atoms with van der Waals surface area (Å²) in [5.41, 5.74) is 0.782. The van der Waals surface area contributed by atoms with Gasteiger partial charge in [0.25, 0.3) is 0 Å². The molecule has 0 aliphatic heterocycles. The third-order valence-corrected chi connectivity index (χ3v) is 4.04. The van der Waals surface area contributed by atoms with Crippen LogP contribution in [0.1, 0.15) is 13.3 Å². The molecule has 0 spiro atoms. The zero-order valence-corrected chi connectivity index (χ0v) is 10.1. The number of benzene rings is 1. The number of hydrogen-bond acceptors (Lipinski definition) is 0. The van der Waals surface area contributed by atoms with Crippen LogP contribution in [0.15, 0.2) is 54.6 Å². The minimum atomic E-state index is 0.677. The van der Waals surface area contributed by atoms with Gasteiger partial charge in [0.2, 0.25) is 0 Å². The number of allylic oxidation sites excluding steroid dienone is 4. The summed E-state index contributed by atoms with van der Waals surface area (Å²) in [7, 11) is 0.937. The average molecular weight is 216 g/mol. The Bertz CT molecular complexity index is 339. The molecule has 1 aromatic carbocycles. The van der Waals surface area contributed by atoms with Gasteiger partial charge in [0.05, 0.1) is 0 Å². The van der Waals surface area contributed by atoms with Crippen LogP contribution in [-0.4, -0.2) is 5.66 Å². The number of rotatable bonds is 4. The van der Waals surface area contributed by atoms with Gasteiger partial charge in [0.15, 0.2) is 0 Å². The van der Waals surface area contributed by atoms with Crippen molar-refractivity contribution in [3.05, 3.63) is 54.6 Å². The second-order valence-electron chi connectivity index (χ2n) is 4.08. The molecule has 2 rings (SSSR count). The van der Waals surface area contributed by atoms with E-state index < -0.39 is 0 Å². The lowest BCUT2D eigenvalue weighted by Crippen LogP contribution is -2.06. The van der Waals surface area contributed by atoms with Crippen molar-refractivity contribution in [2.24, 2.45) is 5.92 Å². The summed E-state index contributed by atoms with van der Waals surface area (Å²) in [5.74, 6) is 0.677. The quantitative estimate of drug-likeness (QED) is 0.676. The maximum atomic E-state index is 2.35. The second kappa shape index (κ2) is 5.28. The zero-order chi connectivity index (χ0) is 10.5. The van der Waals surface area contributed by atoms with E-state index >= 15 is 0 Å². The third kappa shape index (κ3) is 3.32. The molecule has 2 unspecified atom stereocenters. The summed E-state index contributed by atoms with van der Waals surface area (Å²) in [6, 6.07) is 10.8. The average Bonchev–Trinajstić information content (AvgIpc) is 2.71. The van der Waals surface area contributed by atoms with Crippen LogP contribution in [0.4, 0.5) is 0 Å². The Morgan fingerprint density at radius 2 is 1.80 bits per heavy atom. The maximum Gasteiger partial charge on any atom is -0.00413 e. The van der Waals surface area contributed by atoms with Crippen LogP contribution in [0.3, 0.4) is 0 Å². The smallest absolute Gasteiger partial charge is 0.00413 e. The van der Waals surface area contributed by atoms with Crippen LogP contribution in [0, 0.1) is 5.92 Å². The first kappa shape index (κ1) is 10.6. The van der Waals surface area contributed by atoms with Gasteiger partial charge in [-0.2, -0.15) is 0 Å². The molecule has 0 heterocycles. The van der Waals surface area contributed by atoms with E-state index in [4.69, 9.17) is 0 Å². The van der Waals surface area contributed by atoms with Crippen molar-refractivity contribution < 1.29 is 0 Å². The van der Waals surface area contributed by atoms with Crippen LogP contribution in [-0.2, 0) is 0 Å². The van der Waals surface area contributed by atoms with Crippen molar-refractivity contribution in [1.82, 2.24) is 0 Å².